The summed E-state index contributed by atoms with van der Waals surface area (Å²) < 4.78 is 0. The summed E-state index contributed by atoms with van der Waals surface area (Å²) in [7, 11) is 0. The van der Waals surface area contributed by atoms with Gasteiger partial charge in [-0.25, -0.2) is 0 Å². The van der Waals surface area contributed by atoms with Crippen molar-refractivity contribution in [2.24, 2.45) is 5.73 Å². The molecule has 1 aromatic carbocycles. The third-order valence-corrected chi connectivity index (χ3v) is 4.32. The zero-order chi connectivity index (χ0) is 13.4. The Hall–Kier alpha value is -1.09. The lowest BCUT2D eigenvalue weighted by Crippen LogP contribution is -2.19. The molecule has 1 aliphatic carbocycles. The molecule has 2 nitrogen and oxygen atoms in total. The highest BCUT2D eigenvalue weighted by Gasteiger charge is 2.30. The molecule has 0 fully saturated rings. The number of rotatable bonds is 2. The van der Waals surface area contributed by atoms with E-state index in [0.29, 0.717) is 10.0 Å². The summed E-state index contributed by atoms with van der Waals surface area (Å²) >= 11 is 12.2. The summed E-state index contributed by atoms with van der Waals surface area (Å²) in [6.45, 7) is 0. The summed E-state index contributed by atoms with van der Waals surface area (Å²) in [5, 5.41) is 1.26. The van der Waals surface area contributed by atoms with Crippen molar-refractivity contribution in [3.8, 4) is 0 Å². The van der Waals surface area contributed by atoms with Gasteiger partial charge in [0.15, 0.2) is 0 Å². The Morgan fingerprint density at radius 3 is 2.89 bits per heavy atom. The molecule has 0 spiro atoms. The summed E-state index contributed by atoms with van der Waals surface area (Å²) in [5.74, 6) is 0.231. The molecule has 0 aliphatic heterocycles. The van der Waals surface area contributed by atoms with E-state index in [0.717, 1.165) is 24.1 Å². The van der Waals surface area contributed by atoms with Gasteiger partial charge in [-0.1, -0.05) is 35.3 Å². The lowest BCUT2D eigenvalue weighted by molar-refractivity contribution is 0.541. The van der Waals surface area contributed by atoms with Gasteiger partial charge >= 0.3 is 0 Å². The van der Waals surface area contributed by atoms with Gasteiger partial charge < -0.3 is 5.73 Å². The Balaban J connectivity index is 1.95. The minimum Gasteiger partial charge on any atom is -0.323 e. The van der Waals surface area contributed by atoms with E-state index in [1.54, 1.807) is 6.07 Å². The van der Waals surface area contributed by atoms with Gasteiger partial charge in [-0.3, -0.25) is 4.98 Å². The fraction of sp³-hybridized carbons (Fsp3) is 0.267. The summed E-state index contributed by atoms with van der Waals surface area (Å²) in [5.41, 5.74) is 9.75. The molecule has 0 saturated carbocycles. The number of halogens is 2. The monoisotopic (exact) mass is 292 g/mol. The molecule has 2 atom stereocenters. The van der Waals surface area contributed by atoms with Crippen LogP contribution >= 0.6 is 23.2 Å². The number of hydrogen-bond acceptors (Lipinski definition) is 2. The quantitative estimate of drug-likeness (QED) is 0.904. The Labute approximate surface area is 122 Å². The van der Waals surface area contributed by atoms with Crippen molar-refractivity contribution < 1.29 is 0 Å². The highest BCUT2D eigenvalue weighted by atomic mass is 35.5. The standard InChI is InChI=1S/C15H14Cl2N2/c16-10-4-6-11(13(17)8-10)14(18)12-5-3-9-2-1-7-19-15(9)12/h1-2,4,6-8,12,14H,3,5,18H2. The molecule has 3 rings (SSSR count). The average Bonchev–Trinajstić information content (AvgIpc) is 2.82. The number of aromatic nitrogens is 1. The number of fused-ring (bicyclic) bond motifs is 1. The normalized spacial score (nSPS) is 19.2. The second-order valence-corrected chi connectivity index (χ2v) is 5.73. The van der Waals surface area contributed by atoms with Crippen molar-refractivity contribution in [1.29, 1.82) is 0 Å². The molecular formula is C15H14Cl2N2. The molecule has 0 radical (unpaired) electrons. The average molecular weight is 293 g/mol. The van der Waals surface area contributed by atoms with Crippen LogP contribution in [-0.2, 0) is 6.42 Å². The molecule has 4 heteroatoms. The molecule has 19 heavy (non-hydrogen) atoms. The molecular weight excluding hydrogens is 279 g/mol. The molecule has 0 bridgehead atoms. The van der Waals surface area contributed by atoms with Crippen molar-refractivity contribution >= 4 is 23.2 Å². The molecule has 98 valence electrons. The van der Waals surface area contributed by atoms with Crippen molar-refractivity contribution in [2.75, 3.05) is 0 Å². The molecule has 1 heterocycles. The molecule has 0 amide bonds. The van der Waals surface area contributed by atoms with E-state index in [1.807, 2.05) is 24.4 Å². The SMILES string of the molecule is NC(c1ccc(Cl)cc1Cl)C1CCc2cccnc21. The highest BCUT2D eigenvalue weighted by Crippen LogP contribution is 2.41. The fourth-order valence-corrected chi connectivity index (χ4v) is 3.32. The maximum atomic E-state index is 6.40. The van der Waals surface area contributed by atoms with Crippen LogP contribution in [-0.4, -0.2) is 4.98 Å². The molecule has 2 N–H and O–H groups in total. The van der Waals surface area contributed by atoms with Gasteiger partial charge in [0, 0.05) is 33.9 Å². The van der Waals surface area contributed by atoms with Crippen molar-refractivity contribution in [1.82, 2.24) is 4.98 Å². The lowest BCUT2D eigenvalue weighted by Gasteiger charge is -2.21. The van der Waals surface area contributed by atoms with Gasteiger partial charge in [0.1, 0.15) is 0 Å². The summed E-state index contributed by atoms with van der Waals surface area (Å²) in [6, 6.07) is 9.45. The van der Waals surface area contributed by atoms with Crippen molar-refractivity contribution in [3.05, 3.63) is 63.4 Å². The molecule has 1 aliphatic rings. The maximum Gasteiger partial charge on any atom is 0.0485 e. The summed E-state index contributed by atoms with van der Waals surface area (Å²) in [4.78, 5) is 4.49. The second kappa shape index (κ2) is 5.12. The predicted molar refractivity (Wildman–Crippen MR) is 78.7 cm³/mol. The number of nitrogens with two attached hydrogens (primary N) is 1. The Bertz CT molecular complexity index is 613. The van der Waals surface area contributed by atoms with Crippen LogP contribution in [0.3, 0.4) is 0 Å². The first kappa shape index (κ1) is 12.9. The number of nitrogens with zero attached hydrogens (tertiary/aromatic N) is 1. The Morgan fingerprint density at radius 2 is 2.11 bits per heavy atom. The minimum absolute atomic E-state index is 0.138. The van der Waals surface area contributed by atoms with Crippen molar-refractivity contribution in [2.45, 2.75) is 24.8 Å². The van der Waals surface area contributed by atoms with Gasteiger partial charge in [0.05, 0.1) is 0 Å². The van der Waals surface area contributed by atoms with Crippen molar-refractivity contribution in [3.63, 3.8) is 0 Å². The van der Waals surface area contributed by atoms with Gasteiger partial charge in [-0.2, -0.15) is 0 Å². The number of benzene rings is 1. The first-order chi connectivity index (χ1) is 9.16. The van der Waals surface area contributed by atoms with Gasteiger partial charge in [0.2, 0.25) is 0 Å². The molecule has 2 unspecified atom stereocenters. The van der Waals surface area contributed by atoms with E-state index in [-0.39, 0.29) is 12.0 Å². The van der Waals surface area contributed by atoms with E-state index in [4.69, 9.17) is 28.9 Å². The second-order valence-electron chi connectivity index (χ2n) is 4.88. The zero-order valence-corrected chi connectivity index (χ0v) is 11.8. The predicted octanol–water partition coefficient (Wildman–Crippen LogP) is 4.12. The van der Waals surface area contributed by atoms with E-state index in [2.05, 4.69) is 11.1 Å². The van der Waals surface area contributed by atoms with Crippen LogP contribution in [0.15, 0.2) is 36.5 Å². The zero-order valence-electron chi connectivity index (χ0n) is 10.3. The topological polar surface area (TPSA) is 38.9 Å². The third-order valence-electron chi connectivity index (χ3n) is 3.76. The maximum absolute atomic E-state index is 6.40. The van der Waals surface area contributed by atoms with Crippen LogP contribution in [0.2, 0.25) is 10.0 Å². The lowest BCUT2D eigenvalue weighted by atomic mass is 9.91. The summed E-state index contributed by atoms with van der Waals surface area (Å²) in [6.07, 6.45) is 3.88. The molecule has 0 saturated heterocycles. The van der Waals surface area contributed by atoms with E-state index in [9.17, 15) is 0 Å². The number of aryl methyl sites for hydroxylation is 1. The van der Waals surface area contributed by atoms with Crippen LogP contribution in [0, 0.1) is 0 Å². The van der Waals surface area contributed by atoms with E-state index >= 15 is 0 Å². The molecule has 1 aromatic heterocycles. The largest absolute Gasteiger partial charge is 0.323 e. The molecule has 2 aromatic rings. The first-order valence-corrected chi connectivity index (χ1v) is 7.06. The first-order valence-electron chi connectivity index (χ1n) is 6.31. The smallest absolute Gasteiger partial charge is 0.0485 e. The van der Waals surface area contributed by atoms with Crippen LogP contribution in [0.4, 0.5) is 0 Å². The minimum atomic E-state index is -0.138. The number of hydrogen-bond donors (Lipinski definition) is 1. The number of pyridine rings is 1. The highest BCUT2D eigenvalue weighted by molar-refractivity contribution is 6.35. The van der Waals surface area contributed by atoms with E-state index < -0.39 is 0 Å². The Morgan fingerprint density at radius 1 is 1.26 bits per heavy atom. The van der Waals surface area contributed by atoms with E-state index in [1.165, 1.54) is 5.56 Å². The van der Waals surface area contributed by atoms with Gasteiger partial charge in [0.25, 0.3) is 0 Å². The van der Waals surface area contributed by atoms with Crippen LogP contribution in [0.5, 0.6) is 0 Å². The fourth-order valence-electron chi connectivity index (χ4n) is 2.78. The van der Waals surface area contributed by atoms with Crippen LogP contribution in [0.25, 0.3) is 0 Å². The third kappa shape index (κ3) is 2.36. The van der Waals surface area contributed by atoms with Crippen LogP contribution < -0.4 is 5.73 Å². The Kier molecular flexibility index (Phi) is 3.48. The van der Waals surface area contributed by atoms with Crippen LogP contribution in [0.1, 0.15) is 35.2 Å². The van der Waals surface area contributed by atoms with Gasteiger partial charge in [-0.05, 0) is 42.2 Å². The van der Waals surface area contributed by atoms with Gasteiger partial charge in [-0.15, -0.1) is 0 Å².